The fraction of sp³-hybridized carbons (Fsp3) is 0. The molecule has 6 nitrogen and oxygen atoms in total. The van der Waals surface area contributed by atoms with Gasteiger partial charge in [-0.25, -0.2) is 9.59 Å². The van der Waals surface area contributed by atoms with Gasteiger partial charge in [-0.1, -0.05) is 0 Å². The van der Waals surface area contributed by atoms with E-state index in [2.05, 4.69) is 0 Å². The number of carboxylic acids is 2. The Labute approximate surface area is 114 Å². The van der Waals surface area contributed by atoms with Gasteiger partial charge in [0.05, 0.1) is 0 Å². The molecule has 0 rings (SSSR count). The van der Waals surface area contributed by atoms with E-state index in [0.717, 1.165) is 0 Å². The van der Waals surface area contributed by atoms with Crippen molar-refractivity contribution in [3.63, 3.8) is 0 Å². The molecular formula is C2H7KO6Ti. The van der Waals surface area contributed by atoms with Crippen LogP contribution in [0.25, 0.3) is 0 Å². The predicted molar refractivity (Wildman–Crippen MR) is 29.6 cm³/mol. The maximum Gasteiger partial charge on any atom is 0 e. The maximum absolute atomic E-state index is 9.10. The van der Waals surface area contributed by atoms with Crippen LogP contribution < -0.4 is 0 Å². The topological polar surface area (TPSA) is 138 Å². The van der Waals surface area contributed by atoms with Crippen molar-refractivity contribution in [1.29, 1.82) is 0 Å². The Hall–Kier alpha value is 1.21. The van der Waals surface area contributed by atoms with E-state index in [9.17, 15) is 0 Å². The van der Waals surface area contributed by atoms with Gasteiger partial charge in [-0.05, 0) is 0 Å². The third kappa shape index (κ3) is 22.9. The molecule has 0 radical (unpaired) electrons. The van der Waals surface area contributed by atoms with E-state index in [-0.39, 0.29) is 84.1 Å². The quantitative estimate of drug-likeness (QED) is 0.325. The molecule has 0 amide bonds. The summed E-state index contributed by atoms with van der Waals surface area (Å²) in [7, 11) is 0. The Morgan fingerprint density at radius 3 is 1.00 bits per heavy atom. The second-order valence-corrected chi connectivity index (χ2v) is 0.610. The van der Waals surface area contributed by atoms with Crippen molar-refractivity contribution in [3.8, 4) is 0 Å². The van der Waals surface area contributed by atoms with Crippen LogP contribution in [0.2, 0.25) is 0 Å². The number of hydrogen-bond acceptors (Lipinski definition) is 2. The van der Waals surface area contributed by atoms with Gasteiger partial charge < -0.3 is 21.2 Å². The van der Waals surface area contributed by atoms with Crippen molar-refractivity contribution < 1.29 is 52.5 Å². The van der Waals surface area contributed by atoms with Gasteiger partial charge in [0.25, 0.3) is 0 Å². The summed E-state index contributed by atoms with van der Waals surface area (Å²) in [6.45, 7) is 0. The molecule has 0 aromatic rings. The Kier molecular flexibility index (Phi) is 50.5. The van der Waals surface area contributed by atoms with E-state index in [0.29, 0.717) is 0 Å². The van der Waals surface area contributed by atoms with Crippen LogP contribution >= 0.6 is 0 Å². The minimum absolute atomic E-state index is 0. The molecule has 0 aliphatic carbocycles. The van der Waals surface area contributed by atoms with Crippen LogP contribution in [0.5, 0.6) is 0 Å². The van der Waals surface area contributed by atoms with Crippen LogP contribution in [0.3, 0.4) is 0 Å². The molecule has 0 aromatic carbocycles. The first-order valence-corrected chi connectivity index (χ1v) is 1.11. The zero-order chi connectivity index (χ0) is 5.15. The molecule has 0 unspecified atom stereocenters. The maximum atomic E-state index is 9.10. The summed E-state index contributed by atoms with van der Waals surface area (Å²) in [5.41, 5.74) is 0. The minimum Gasteiger partial charge on any atom is 0 e. The summed E-state index contributed by atoms with van der Waals surface area (Å²) in [5, 5.41) is 14.8. The summed E-state index contributed by atoms with van der Waals surface area (Å²) < 4.78 is 0. The van der Waals surface area contributed by atoms with E-state index in [1.54, 1.807) is 0 Å². The number of aliphatic carboxylic acids is 2. The molecule has 10 heavy (non-hydrogen) atoms. The molecule has 0 atom stereocenters. The number of rotatable bonds is 0. The smallest absolute Gasteiger partial charge is 0 e. The molecule has 56 valence electrons. The van der Waals surface area contributed by atoms with Gasteiger partial charge in [-0.15, -0.1) is 0 Å². The monoisotopic (exact) mass is 214 g/mol. The molecule has 0 heterocycles. The molecule has 0 saturated carbocycles. The van der Waals surface area contributed by atoms with Gasteiger partial charge in [0.2, 0.25) is 0 Å². The average Bonchev–Trinajstić information content (AvgIpc) is 1.36. The van der Waals surface area contributed by atoms with Crippen LogP contribution in [0.15, 0.2) is 0 Å². The first-order valence-electron chi connectivity index (χ1n) is 1.11. The van der Waals surface area contributed by atoms with Gasteiger partial charge in [-0.2, -0.15) is 0 Å². The summed E-state index contributed by atoms with van der Waals surface area (Å²) >= 11 is 0. The Morgan fingerprint density at radius 2 is 1.00 bits per heavy atom. The van der Waals surface area contributed by atoms with Gasteiger partial charge in [-0.3, -0.25) is 0 Å². The van der Waals surface area contributed by atoms with Crippen molar-refractivity contribution in [2.75, 3.05) is 0 Å². The summed E-state index contributed by atoms with van der Waals surface area (Å²) in [6, 6.07) is 0. The molecule has 0 bridgehead atoms. The fourth-order valence-electron chi connectivity index (χ4n) is 0. The summed E-state index contributed by atoms with van der Waals surface area (Å²) in [6.07, 6.45) is 0. The van der Waals surface area contributed by atoms with E-state index in [1.165, 1.54) is 0 Å². The van der Waals surface area contributed by atoms with Crippen LogP contribution in [-0.2, 0) is 31.3 Å². The molecular weight excluding hydrogens is 207 g/mol. The minimum atomic E-state index is -1.82. The third-order valence-corrected chi connectivity index (χ3v) is 0.183. The van der Waals surface area contributed by atoms with E-state index in [4.69, 9.17) is 19.8 Å². The number of hydrogen-bond donors (Lipinski definition) is 2. The molecule has 0 spiro atoms. The largest absolute Gasteiger partial charge is 0 e. The third-order valence-electron chi connectivity index (χ3n) is 0.183. The van der Waals surface area contributed by atoms with E-state index in [1.807, 2.05) is 0 Å². The zero-order valence-corrected chi connectivity index (χ0v) is 5.77. The first kappa shape index (κ1) is 30.3. The second-order valence-electron chi connectivity index (χ2n) is 0.610. The molecule has 0 saturated heterocycles. The Balaban J connectivity index is -0.0000000208. The van der Waals surface area contributed by atoms with Gasteiger partial charge in [0, 0.05) is 21.7 Å². The molecule has 0 fully saturated rings. The molecule has 0 aliphatic rings. The van der Waals surface area contributed by atoms with Gasteiger partial charge in [0.15, 0.2) is 0 Å². The van der Waals surface area contributed by atoms with E-state index < -0.39 is 11.9 Å². The zero-order valence-electron chi connectivity index (χ0n) is 4.21. The van der Waals surface area contributed by atoms with Crippen molar-refractivity contribution >= 4 is 63.3 Å². The normalized spacial score (nSPS) is 4.40. The van der Waals surface area contributed by atoms with E-state index >= 15 is 0 Å². The molecule has 0 aromatic heterocycles. The van der Waals surface area contributed by atoms with Crippen molar-refractivity contribution in [2.45, 2.75) is 0 Å². The van der Waals surface area contributed by atoms with Crippen molar-refractivity contribution in [2.24, 2.45) is 0 Å². The predicted octanol–water partition coefficient (Wildman–Crippen LogP) is -3.14. The average molecular weight is 214 g/mol. The first-order chi connectivity index (χ1) is 2.64. The number of carboxylic acid groups (broad SMARTS) is 2. The fourth-order valence-corrected chi connectivity index (χ4v) is 0. The summed E-state index contributed by atoms with van der Waals surface area (Å²) in [5.74, 6) is -3.65. The van der Waals surface area contributed by atoms with Crippen LogP contribution in [0.1, 0.15) is 0 Å². The van der Waals surface area contributed by atoms with Crippen molar-refractivity contribution in [3.05, 3.63) is 0 Å². The van der Waals surface area contributed by atoms with Crippen LogP contribution in [-0.4, -0.2) is 84.5 Å². The molecule has 8 heteroatoms. The summed E-state index contributed by atoms with van der Waals surface area (Å²) in [4.78, 5) is 18.2. The second kappa shape index (κ2) is 16.7. The van der Waals surface area contributed by atoms with Crippen LogP contribution in [0, 0.1) is 0 Å². The Morgan fingerprint density at radius 1 is 0.900 bits per heavy atom. The molecule has 6 N–H and O–H groups in total. The van der Waals surface area contributed by atoms with Gasteiger partial charge in [0.1, 0.15) is 0 Å². The van der Waals surface area contributed by atoms with Crippen molar-refractivity contribution in [1.82, 2.24) is 0 Å². The van der Waals surface area contributed by atoms with Gasteiger partial charge >= 0.3 is 63.3 Å². The number of carbonyl (C=O) groups is 2. The standard InChI is InChI=1S/C2H2O4.K.2H2O.Ti.H/c3-1(4)2(5)6;;;;;/h(H,3,4)(H,5,6);;2*1H2;;. The SMILES string of the molecule is O.O.O=C(O)C(=O)O.[KH].[Ti]. The Bertz CT molecular complexity index is 81.7. The molecule has 0 aliphatic heterocycles. The van der Waals surface area contributed by atoms with Crippen LogP contribution in [0.4, 0.5) is 0 Å².